The molecular weight excluding hydrogens is 322 g/mol. The third kappa shape index (κ3) is 4.29. The van der Waals surface area contributed by atoms with Crippen molar-refractivity contribution in [3.05, 3.63) is 22.4 Å². The number of thiophene rings is 1. The number of likely N-dealkylation sites (tertiary alicyclic amines) is 1. The first-order valence-corrected chi connectivity index (χ1v) is 9.87. The van der Waals surface area contributed by atoms with Crippen LogP contribution in [0.3, 0.4) is 0 Å². The quantitative estimate of drug-likeness (QED) is 0.876. The van der Waals surface area contributed by atoms with Gasteiger partial charge in [0.15, 0.2) is 0 Å². The Kier molecular flexibility index (Phi) is 5.76. The minimum atomic E-state index is -0.0234. The summed E-state index contributed by atoms with van der Waals surface area (Å²) in [5.74, 6) is 0.521. The van der Waals surface area contributed by atoms with Crippen molar-refractivity contribution in [3.8, 4) is 0 Å². The zero-order chi connectivity index (χ0) is 16.9. The second-order valence-corrected chi connectivity index (χ2v) is 7.95. The summed E-state index contributed by atoms with van der Waals surface area (Å²) in [5.41, 5.74) is 0. The van der Waals surface area contributed by atoms with Crippen LogP contribution in [-0.4, -0.2) is 36.0 Å². The van der Waals surface area contributed by atoms with Crippen LogP contribution in [-0.2, 0) is 4.79 Å². The second kappa shape index (κ2) is 8.01. The van der Waals surface area contributed by atoms with Crippen LogP contribution >= 0.6 is 11.3 Å². The van der Waals surface area contributed by atoms with Crippen LogP contribution in [0.4, 0.5) is 4.79 Å². The summed E-state index contributed by atoms with van der Waals surface area (Å²) in [4.78, 5) is 27.2. The molecule has 0 radical (unpaired) electrons. The van der Waals surface area contributed by atoms with E-state index in [9.17, 15) is 9.59 Å². The van der Waals surface area contributed by atoms with Crippen molar-refractivity contribution in [1.29, 1.82) is 0 Å². The van der Waals surface area contributed by atoms with Gasteiger partial charge in [0.25, 0.3) is 0 Å². The first kappa shape index (κ1) is 17.3. The zero-order valence-corrected chi connectivity index (χ0v) is 15.1. The predicted molar refractivity (Wildman–Crippen MR) is 96.0 cm³/mol. The predicted octanol–water partition coefficient (Wildman–Crippen LogP) is 3.29. The molecule has 1 aromatic heterocycles. The van der Waals surface area contributed by atoms with Gasteiger partial charge in [0, 0.05) is 30.9 Å². The molecular formula is C18H27N3O2S. The van der Waals surface area contributed by atoms with Crippen LogP contribution in [0.5, 0.6) is 0 Å². The smallest absolute Gasteiger partial charge is 0.317 e. The molecule has 1 saturated heterocycles. The summed E-state index contributed by atoms with van der Waals surface area (Å²) in [6.45, 7) is 2.91. The molecule has 1 aliphatic carbocycles. The van der Waals surface area contributed by atoms with Gasteiger partial charge in [0.1, 0.15) is 0 Å². The van der Waals surface area contributed by atoms with Gasteiger partial charge in [-0.3, -0.25) is 4.79 Å². The topological polar surface area (TPSA) is 61.4 Å². The van der Waals surface area contributed by atoms with Gasteiger partial charge in [-0.15, -0.1) is 11.3 Å². The Balaban J connectivity index is 1.63. The minimum absolute atomic E-state index is 0.00959. The summed E-state index contributed by atoms with van der Waals surface area (Å²) in [7, 11) is 0. The van der Waals surface area contributed by atoms with Crippen LogP contribution in [0, 0.1) is 5.92 Å². The molecule has 1 aromatic rings. The number of hydrogen-bond acceptors (Lipinski definition) is 3. The van der Waals surface area contributed by atoms with Crippen LogP contribution in [0.1, 0.15) is 56.4 Å². The van der Waals surface area contributed by atoms with E-state index in [0.29, 0.717) is 12.5 Å². The van der Waals surface area contributed by atoms with Gasteiger partial charge in [-0.1, -0.05) is 18.9 Å². The third-order valence-electron chi connectivity index (χ3n) is 5.12. The Morgan fingerprint density at radius 2 is 2.04 bits per heavy atom. The number of piperidine rings is 1. The highest BCUT2D eigenvalue weighted by atomic mass is 32.1. The molecule has 6 heteroatoms. The van der Waals surface area contributed by atoms with Crippen molar-refractivity contribution in [2.24, 2.45) is 5.92 Å². The molecule has 0 spiro atoms. The summed E-state index contributed by atoms with van der Waals surface area (Å²) in [6.07, 6.45) is 6.79. The molecule has 3 rings (SSSR count). The molecule has 132 valence electrons. The average Bonchev–Trinajstić information content (AvgIpc) is 3.25. The van der Waals surface area contributed by atoms with Crippen molar-refractivity contribution in [2.45, 2.75) is 57.5 Å². The SMILES string of the molecule is CC(=O)N[C@H]1CCCN(C(=O)N[C@@H](c2cccs2)C2CCCC2)C1. The third-order valence-corrected chi connectivity index (χ3v) is 6.07. The fraction of sp³-hybridized carbons (Fsp3) is 0.667. The lowest BCUT2D eigenvalue weighted by molar-refractivity contribution is -0.119. The molecule has 1 aliphatic heterocycles. The van der Waals surface area contributed by atoms with E-state index in [0.717, 1.165) is 19.4 Å². The van der Waals surface area contributed by atoms with Gasteiger partial charge < -0.3 is 15.5 Å². The molecule has 0 bridgehead atoms. The fourth-order valence-electron chi connectivity index (χ4n) is 3.97. The molecule has 3 amide bonds. The fourth-order valence-corrected chi connectivity index (χ4v) is 4.84. The number of hydrogen-bond donors (Lipinski definition) is 2. The maximum absolute atomic E-state index is 12.8. The van der Waals surface area contributed by atoms with Gasteiger partial charge >= 0.3 is 6.03 Å². The largest absolute Gasteiger partial charge is 0.352 e. The van der Waals surface area contributed by atoms with Crippen molar-refractivity contribution in [1.82, 2.24) is 15.5 Å². The Morgan fingerprint density at radius 1 is 1.25 bits per heavy atom. The zero-order valence-electron chi connectivity index (χ0n) is 14.3. The number of carbonyl (C=O) groups excluding carboxylic acids is 2. The van der Waals surface area contributed by atoms with Crippen molar-refractivity contribution in [2.75, 3.05) is 13.1 Å². The molecule has 2 N–H and O–H groups in total. The van der Waals surface area contributed by atoms with Gasteiger partial charge in [0.2, 0.25) is 5.91 Å². The summed E-state index contributed by atoms with van der Waals surface area (Å²) in [6, 6.07) is 4.40. The highest BCUT2D eigenvalue weighted by Crippen LogP contribution is 2.37. The summed E-state index contributed by atoms with van der Waals surface area (Å²) < 4.78 is 0. The number of amides is 3. The standard InChI is InChI=1S/C18H27N3O2S/c1-13(22)19-15-8-4-10-21(12-15)18(23)20-17(14-6-2-3-7-14)16-9-5-11-24-16/h5,9,11,14-15,17H,2-4,6-8,10,12H2,1H3,(H,19,22)(H,20,23)/t15-,17+/m0/s1. The van der Waals surface area contributed by atoms with Crippen molar-refractivity contribution >= 4 is 23.3 Å². The number of rotatable bonds is 4. The van der Waals surface area contributed by atoms with E-state index in [2.05, 4.69) is 28.1 Å². The number of urea groups is 1. The lowest BCUT2D eigenvalue weighted by Gasteiger charge is -2.35. The highest BCUT2D eigenvalue weighted by Gasteiger charge is 2.31. The Bertz CT molecular complexity index is 555. The van der Waals surface area contributed by atoms with E-state index in [1.165, 1.54) is 37.5 Å². The molecule has 5 nitrogen and oxygen atoms in total. The van der Waals surface area contributed by atoms with Crippen LogP contribution in [0.2, 0.25) is 0 Å². The average molecular weight is 350 g/mol. The normalized spacial score (nSPS) is 23.0. The first-order chi connectivity index (χ1) is 11.6. The monoisotopic (exact) mass is 349 g/mol. The van der Waals surface area contributed by atoms with Crippen LogP contribution < -0.4 is 10.6 Å². The van der Waals surface area contributed by atoms with E-state index in [1.807, 2.05) is 4.90 Å². The molecule has 2 atom stereocenters. The van der Waals surface area contributed by atoms with Crippen molar-refractivity contribution in [3.63, 3.8) is 0 Å². The minimum Gasteiger partial charge on any atom is -0.352 e. The maximum Gasteiger partial charge on any atom is 0.317 e. The van der Waals surface area contributed by atoms with Crippen LogP contribution in [0.25, 0.3) is 0 Å². The Hall–Kier alpha value is -1.56. The van der Waals surface area contributed by atoms with Gasteiger partial charge in [-0.2, -0.15) is 0 Å². The van der Waals surface area contributed by atoms with E-state index < -0.39 is 0 Å². The highest BCUT2D eigenvalue weighted by molar-refractivity contribution is 7.10. The van der Waals surface area contributed by atoms with Gasteiger partial charge in [-0.25, -0.2) is 4.79 Å². The number of nitrogens with one attached hydrogen (secondary N) is 2. The molecule has 2 aliphatic rings. The van der Waals surface area contributed by atoms with E-state index >= 15 is 0 Å². The van der Waals surface area contributed by atoms with Gasteiger partial charge in [-0.05, 0) is 43.0 Å². The Labute approximate surface area is 147 Å². The maximum atomic E-state index is 12.8. The van der Waals surface area contributed by atoms with E-state index in [4.69, 9.17) is 0 Å². The molecule has 2 fully saturated rings. The summed E-state index contributed by atoms with van der Waals surface area (Å²) in [5, 5.41) is 8.31. The Morgan fingerprint density at radius 3 is 2.71 bits per heavy atom. The molecule has 24 heavy (non-hydrogen) atoms. The van der Waals surface area contributed by atoms with Gasteiger partial charge in [0.05, 0.1) is 6.04 Å². The summed E-state index contributed by atoms with van der Waals surface area (Å²) >= 11 is 1.73. The van der Waals surface area contributed by atoms with E-state index in [1.54, 1.807) is 11.3 Å². The lowest BCUT2D eigenvalue weighted by Crippen LogP contribution is -2.52. The van der Waals surface area contributed by atoms with Crippen LogP contribution in [0.15, 0.2) is 17.5 Å². The van der Waals surface area contributed by atoms with E-state index in [-0.39, 0.29) is 24.0 Å². The molecule has 2 heterocycles. The second-order valence-electron chi connectivity index (χ2n) is 6.97. The molecule has 0 unspecified atom stereocenters. The first-order valence-electron chi connectivity index (χ1n) is 8.99. The van der Waals surface area contributed by atoms with Crippen molar-refractivity contribution < 1.29 is 9.59 Å². The lowest BCUT2D eigenvalue weighted by atomic mass is 9.96. The molecule has 0 aromatic carbocycles. The molecule has 1 saturated carbocycles. The number of carbonyl (C=O) groups is 2. The number of nitrogens with zero attached hydrogens (tertiary/aromatic N) is 1.